The van der Waals surface area contributed by atoms with Crippen LogP contribution < -0.4 is 10.1 Å². The van der Waals surface area contributed by atoms with Crippen LogP contribution in [0.1, 0.15) is 17.9 Å². The number of fused-ring (bicyclic) bond motifs is 2. The Morgan fingerprint density at radius 1 is 0.947 bits per heavy atom. The molecule has 3 aliphatic heterocycles. The van der Waals surface area contributed by atoms with E-state index in [4.69, 9.17) is 25.8 Å². The molecule has 3 fully saturated rings. The quantitative estimate of drug-likeness (QED) is 0.359. The van der Waals surface area contributed by atoms with E-state index in [0.717, 1.165) is 51.8 Å². The van der Waals surface area contributed by atoms with Gasteiger partial charge in [0.25, 0.3) is 6.01 Å². The normalized spacial score (nSPS) is 26.6. The number of imidazole rings is 1. The summed E-state index contributed by atoms with van der Waals surface area (Å²) >= 11 is 6.67. The van der Waals surface area contributed by atoms with Crippen LogP contribution in [0.3, 0.4) is 0 Å². The summed E-state index contributed by atoms with van der Waals surface area (Å²) in [7, 11) is 0. The third kappa shape index (κ3) is 4.14. The number of aromatic amines is 1. The Hall–Kier alpha value is -3.43. The second-order valence-electron chi connectivity index (χ2n) is 10.0. The summed E-state index contributed by atoms with van der Waals surface area (Å²) in [6.45, 7) is 1.32. The molecule has 8 nitrogen and oxygen atoms in total. The third-order valence-corrected chi connectivity index (χ3v) is 8.00. The topological polar surface area (TPSA) is 106 Å². The van der Waals surface area contributed by atoms with Gasteiger partial charge < -0.3 is 29.6 Å². The molecule has 5 atom stereocenters. The number of aliphatic hydroxyl groups excluding tert-OH is 1. The SMILES string of the molecule is O=C1NCCC1c1ccc(-c2ccc(-c3cc4nc(O[C@@H]5CO[C@H]6[C@@H]5OC[C@H]6O)[nH]c4cc3Cl)cc2)cc1. The van der Waals surface area contributed by atoms with Gasteiger partial charge in [-0.15, -0.1) is 0 Å². The molecule has 9 heteroatoms. The van der Waals surface area contributed by atoms with Crippen molar-refractivity contribution >= 4 is 28.5 Å². The number of halogens is 1. The number of rotatable bonds is 5. The predicted molar refractivity (Wildman–Crippen MR) is 142 cm³/mol. The highest BCUT2D eigenvalue weighted by Crippen LogP contribution is 2.35. The molecule has 0 bridgehead atoms. The predicted octanol–water partition coefficient (Wildman–Crippen LogP) is 4.06. The molecule has 3 aromatic carbocycles. The molecule has 0 radical (unpaired) electrons. The molecule has 1 aromatic heterocycles. The van der Waals surface area contributed by atoms with Crippen LogP contribution in [-0.2, 0) is 14.3 Å². The van der Waals surface area contributed by atoms with E-state index in [1.807, 2.05) is 36.4 Å². The van der Waals surface area contributed by atoms with Crippen molar-refractivity contribution in [2.75, 3.05) is 19.8 Å². The molecular weight excluding hydrogens is 506 g/mol. The van der Waals surface area contributed by atoms with Gasteiger partial charge in [-0.3, -0.25) is 4.79 Å². The maximum absolute atomic E-state index is 12.0. The van der Waals surface area contributed by atoms with Crippen molar-refractivity contribution in [3.05, 3.63) is 71.2 Å². The van der Waals surface area contributed by atoms with Gasteiger partial charge >= 0.3 is 0 Å². The van der Waals surface area contributed by atoms with Crippen molar-refractivity contribution in [1.82, 2.24) is 15.3 Å². The number of ether oxygens (including phenoxy) is 3. The van der Waals surface area contributed by atoms with E-state index in [2.05, 4.69) is 39.6 Å². The second-order valence-corrected chi connectivity index (χ2v) is 10.4. The number of H-pyrrole nitrogens is 1. The van der Waals surface area contributed by atoms with E-state index >= 15 is 0 Å². The standard InChI is InChI=1S/C29H26ClN3O5/c30-21-12-23-22(32-29(33-23)38-25-14-37-26-24(34)13-36-27(25)26)11-20(21)18-7-3-16(4-8-18)15-1-5-17(6-2-15)19-9-10-31-28(19)35/h1-8,11-12,19,24-27,34H,9-10,13-14H2,(H,31,35)(H,32,33)/t19?,24-,25-,26-,27-/m1/s1. The summed E-state index contributed by atoms with van der Waals surface area (Å²) in [6, 6.07) is 20.6. The van der Waals surface area contributed by atoms with E-state index in [-0.39, 0.29) is 36.7 Å². The third-order valence-electron chi connectivity index (χ3n) is 7.68. The van der Waals surface area contributed by atoms with Crippen molar-refractivity contribution < 1.29 is 24.1 Å². The maximum atomic E-state index is 12.0. The minimum Gasteiger partial charge on any atom is -0.456 e. The first-order valence-electron chi connectivity index (χ1n) is 12.8. The molecule has 3 aliphatic rings. The molecule has 4 heterocycles. The minimum atomic E-state index is -0.628. The Morgan fingerprint density at radius 2 is 1.66 bits per heavy atom. The first-order valence-corrected chi connectivity index (χ1v) is 13.2. The minimum absolute atomic E-state index is 0.0520. The first-order chi connectivity index (χ1) is 18.5. The molecule has 3 N–H and O–H groups in total. The summed E-state index contributed by atoms with van der Waals surface area (Å²) < 4.78 is 17.3. The number of nitrogens with zero attached hydrogens (tertiary/aromatic N) is 1. The molecular formula is C29H26ClN3O5. The number of hydrogen-bond donors (Lipinski definition) is 3. The summed E-state index contributed by atoms with van der Waals surface area (Å²) in [5.74, 6) is 0.0548. The Morgan fingerprint density at radius 3 is 2.39 bits per heavy atom. The molecule has 1 unspecified atom stereocenters. The largest absolute Gasteiger partial charge is 0.456 e. The number of nitrogens with one attached hydrogen (secondary N) is 2. The molecule has 38 heavy (non-hydrogen) atoms. The van der Waals surface area contributed by atoms with Crippen molar-refractivity contribution in [2.45, 2.75) is 36.8 Å². The second kappa shape index (κ2) is 9.39. The molecule has 0 saturated carbocycles. The van der Waals surface area contributed by atoms with Gasteiger partial charge in [0.15, 0.2) is 6.10 Å². The maximum Gasteiger partial charge on any atom is 0.295 e. The number of benzene rings is 3. The summed E-state index contributed by atoms with van der Waals surface area (Å²) in [5.41, 5.74) is 6.58. The van der Waals surface area contributed by atoms with Crippen LogP contribution in [0.4, 0.5) is 0 Å². The lowest BCUT2D eigenvalue weighted by Crippen LogP contribution is -2.34. The summed E-state index contributed by atoms with van der Waals surface area (Å²) in [5, 5.41) is 13.5. The van der Waals surface area contributed by atoms with Crippen LogP contribution in [0.15, 0.2) is 60.7 Å². The van der Waals surface area contributed by atoms with Gasteiger partial charge in [-0.2, -0.15) is 4.98 Å². The van der Waals surface area contributed by atoms with Crippen molar-refractivity contribution in [3.8, 4) is 28.3 Å². The monoisotopic (exact) mass is 531 g/mol. The first kappa shape index (κ1) is 23.7. The Labute approximate surface area is 223 Å². The van der Waals surface area contributed by atoms with Crippen LogP contribution in [0, 0.1) is 0 Å². The summed E-state index contributed by atoms with van der Waals surface area (Å²) in [4.78, 5) is 19.8. The average Bonchev–Trinajstić information content (AvgIpc) is 3.71. The fraction of sp³-hybridized carbons (Fsp3) is 0.310. The van der Waals surface area contributed by atoms with Crippen molar-refractivity contribution in [1.29, 1.82) is 0 Å². The molecule has 194 valence electrons. The van der Waals surface area contributed by atoms with E-state index in [9.17, 15) is 9.90 Å². The molecule has 3 saturated heterocycles. The number of hydrogen-bond acceptors (Lipinski definition) is 6. The van der Waals surface area contributed by atoms with E-state index in [0.29, 0.717) is 17.6 Å². The number of aliphatic hydroxyl groups is 1. The van der Waals surface area contributed by atoms with E-state index in [1.165, 1.54) is 0 Å². The lowest BCUT2D eigenvalue weighted by molar-refractivity contribution is -0.120. The molecule has 7 rings (SSSR count). The van der Waals surface area contributed by atoms with Crippen LogP contribution >= 0.6 is 11.6 Å². The van der Waals surface area contributed by atoms with Crippen LogP contribution in [0.25, 0.3) is 33.3 Å². The molecule has 4 aromatic rings. The van der Waals surface area contributed by atoms with Crippen LogP contribution in [-0.4, -0.2) is 65.2 Å². The zero-order valence-corrected chi connectivity index (χ0v) is 21.1. The molecule has 1 amide bonds. The van der Waals surface area contributed by atoms with Crippen LogP contribution in [0.5, 0.6) is 6.01 Å². The van der Waals surface area contributed by atoms with E-state index in [1.54, 1.807) is 0 Å². The van der Waals surface area contributed by atoms with Gasteiger partial charge in [-0.1, -0.05) is 60.1 Å². The van der Waals surface area contributed by atoms with E-state index < -0.39 is 6.10 Å². The smallest absolute Gasteiger partial charge is 0.295 e. The van der Waals surface area contributed by atoms with Gasteiger partial charge in [0.05, 0.1) is 35.2 Å². The number of aromatic nitrogens is 2. The van der Waals surface area contributed by atoms with Gasteiger partial charge in [0, 0.05) is 12.1 Å². The Balaban J connectivity index is 1.10. The molecule has 0 spiro atoms. The highest BCUT2D eigenvalue weighted by molar-refractivity contribution is 6.34. The number of carbonyl (C=O) groups excluding carboxylic acids is 1. The van der Waals surface area contributed by atoms with Crippen LogP contribution in [0.2, 0.25) is 5.02 Å². The van der Waals surface area contributed by atoms with Crippen molar-refractivity contribution in [2.24, 2.45) is 0 Å². The zero-order chi connectivity index (χ0) is 25.8. The highest BCUT2D eigenvalue weighted by atomic mass is 35.5. The van der Waals surface area contributed by atoms with Gasteiger partial charge in [0.2, 0.25) is 5.91 Å². The van der Waals surface area contributed by atoms with Gasteiger partial charge in [-0.25, -0.2) is 0 Å². The average molecular weight is 532 g/mol. The Kier molecular flexibility index (Phi) is 5.85. The van der Waals surface area contributed by atoms with Gasteiger partial charge in [-0.05, 0) is 40.8 Å². The number of carbonyl (C=O) groups is 1. The zero-order valence-electron chi connectivity index (χ0n) is 20.4. The fourth-order valence-corrected chi connectivity index (χ4v) is 5.91. The van der Waals surface area contributed by atoms with Gasteiger partial charge in [0.1, 0.15) is 18.3 Å². The molecule has 0 aliphatic carbocycles. The fourth-order valence-electron chi connectivity index (χ4n) is 5.63. The highest BCUT2D eigenvalue weighted by Gasteiger charge is 2.48. The lowest BCUT2D eigenvalue weighted by Gasteiger charge is -2.15. The number of amides is 1. The Bertz CT molecular complexity index is 1500. The van der Waals surface area contributed by atoms with Crippen molar-refractivity contribution in [3.63, 3.8) is 0 Å². The summed E-state index contributed by atoms with van der Waals surface area (Å²) in [6.07, 6.45) is -0.800. The lowest BCUT2D eigenvalue weighted by atomic mass is 9.94.